The van der Waals surface area contributed by atoms with Gasteiger partial charge in [0.1, 0.15) is 0 Å². The van der Waals surface area contributed by atoms with Gasteiger partial charge in [-0.15, -0.1) is 0 Å². The third-order valence-corrected chi connectivity index (χ3v) is 3.40. The Kier molecular flexibility index (Phi) is 3.85. The van der Waals surface area contributed by atoms with Crippen LogP contribution in [0.25, 0.3) is 0 Å². The largest absolute Gasteiger partial charge is 0.463 e. The first-order valence-electron chi connectivity index (χ1n) is 7.22. The number of hydrogen-bond acceptors (Lipinski definition) is 6. The molecule has 2 aromatic rings. The zero-order chi connectivity index (χ0) is 14.7. The average Bonchev–Trinajstić information content (AvgIpc) is 3.24. The second-order valence-corrected chi connectivity index (χ2v) is 5.15. The van der Waals surface area contributed by atoms with Crippen LogP contribution in [0.4, 0.5) is 11.9 Å². The Balaban J connectivity index is 1.65. The molecule has 0 spiro atoms. The van der Waals surface area contributed by atoms with Crippen molar-refractivity contribution < 1.29 is 4.74 Å². The molecule has 0 amide bonds. The van der Waals surface area contributed by atoms with Gasteiger partial charge in [-0.2, -0.15) is 15.0 Å². The van der Waals surface area contributed by atoms with Gasteiger partial charge in [0.05, 0.1) is 6.61 Å². The quantitative estimate of drug-likeness (QED) is 0.846. The van der Waals surface area contributed by atoms with Crippen molar-refractivity contribution in [3.63, 3.8) is 0 Å². The lowest BCUT2D eigenvalue weighted by atomic mass is 10.1. The monoisotopic (exact) mass is 285 g/mol. The maximum Gasteiger partial charge on any atom is 0.323 e. The Morgan fingerprint density at radius 2 is 2.05 bits per heavy atom. The van der Waals surface area contributed by atoms with Gasteiger partial charge in [-0.25, -0.2) is 0 Å². The van der Waals surface area contributed by atoms with Crippen molar-refractivity contribution >= 4 is 11.9 Å². The number of nitrogens with zero attached hydrogens (tertiary/aromatic N) is 3. The van der Waals surface area contributed by atoms with Gasteiger partial charge in [-0.3, -0.25) is 0 Å². The van der Waals surface area contributed by atoms with Crippen molar-refractivity contribution in [2.45, 2.75) is 31.7 Å². The van der Waals surface area contributed by atoms with Gasteiger partial charge >= 0.3 is 6.01 Å². The molecule has 2 unspecified atom stereocenters. The predicted molar refractivity (Wildman–Crippen MR) is 81.2 cm³/mol. The maximum atomic E-state index is 5.69. The minimum Gasteiger partial charge on any atom is -0.463 e. The summed E-state index contributed by atoms with van der Waals surface area (Å²) in [6.45, 7) is 2.59. The van der Waals surface area contributed by atoms with E-state index in [0.717, 1.165) is 12.8 Å². The molecule has 1 saturated carbocycles. The van der Waals surface area contributed by atoms with Crippen LogP contribution < -0.4 is 15.8 Å². The molecule has 1 aromatic carbocycles. The second kappa shape index (κ2) is 5.95. The van der Waals surface area contributed by atoms with Crippen molar-refractivity contribution in [2.75, 3.05) is 17.7 Å². The summed E-state index contributed by atoms with van der Waals surface area (Å²) in [4.78, 5) is 12.3. The lowest BCUT2D eigenvalue weighted by Crippen LogP contribution is -2.12. The number of anilines is 2. The van der Waals surface area contributed by atoms with Gasteiger partial charge in [0.2, 0.25) is 11.9 Å². The van der Waals surface area contributed by atoms with Crippen LogP contribution in [0.1, 0.15) is 31.2 Å². The van der Waals surface area contributed by atoms with Gasteiger partial charge in [-0.1, -0.05) is 37.3 Å². The Bertz CT molecular complexity index is 604. The van der Waals surface area contributed by atoms with E-state index in [2.05, 4.69) is 44.5 Å². The highest BCUT2D eigenvalue weighted by molar-refractivity contribution is 5.39. The Hall–Kier alpha value is -2.37. The number of ether oxygens (including phenoxy) is 1. The van der Waals surface area contributed by atoms with Crippen LogP contribution in [0, 0.1) is 0 Å². The van der Waals surface area contributed by atoms with Crippen molar-refractivity contribution in [1.29, 1.82) is 0 Å². The highest BCUT2D eigenvalue weighted by Crippen LogP contribution is 2.42. The molecule has 1 aliphatic carbocycles. The van der Waals surface area contributed by atoms with E-state index in [0.29, 0.717) is 24.5 Å². The molecule has 0 aliphatic heterocycles. The zero-order valence-electron chi connectivity index (χ0n) is 12.0. The van der Waals surface area contributed by atoms with Crippen molar-refractivity contribution in [3.05, 3.63) is 35.9 Å². The number of hydrogen-bond donors (Lipinski definition) is 2. The number of aromatic nitrogens is 3. The van der Waals surface area contributed by atoms with Gasteiger partial charge in [0.25, 0.3) is 0 Å². The SMILES string of the molecule is CCCOc1nc(N)nc(NC2CC2c2ccccc2)n1. The minimum atomic E-state index is 0.176. The van der Waals surface area contributed by atoms with E-state index in [1.54, 1.807) is 0 Å². The van der Waals surface area contributed by atoms with Crippen molar-refractivity contribution in [2.24, 2.45) is 0 Å². The fraction of sp³-hybridized carbons (Fsp3) is 0.400. The molecule has 0 saturated heterocycles. The molecule has 1 aliphatic rings. The fourth-order valence-corrected chi connectivity index (χ4v) is 2.28. The van der Waals surface area contributed by atoms with Gasteiger partial charge < -0.3 is 15.8 Å². The van der Waals surface area contributed by atoms with E-state index in [1.807, 2.05) is 13.0 Å². The van der Waals surface area contributed by atoms with E-state index in [1.165, 1.54) is 5.56 Å². The average molecular weight is 285 g/mol. The van der Waals surface area contributed by atoms with Crippen molar-refractivity contribution in [1.82, 2.24) is 15.0 Å². The summed E-state index contributed by atoms with van der Waals surface area (Å²) in [6.07, 6.45) is 1.97. The molecule has 110 valence electrons. The molecule has 0 bridgehead atoms. The highest BCUT2D eigenvalue weighted by atomic mass is 16.5. The molecule has 6 heteroatoms. The molecule has 1 fully saturated rings. The fourth-order valence-electron chi connectivity index (χ4n) is 2.28. The first kappa shape index (κ1) is 13.6. The van der Waals surface area contributed by atoms with Crippen LogP contribution in [-0.2, 0) is 0 Å². The molecule has 3 rings (SSSR count). The standard InChI is InChI=1S/C15H19N5O/c1-2-8-21-15-19-13(16)18-14(20-15)17-12-9-11(12)10-6-4-3-5-7-10/h3-7,11-12H,2,8-9H2,1H3,(H3,16,17,18,19,20). The summed E-state index contributed by atoms with van der Waals surface area (Å²) in [7, 11) is 0. The Morgan fingerprint density at radius 1 is 1.24 bits per heavy atom. The van der Waals surface area contributed by atoms with Crippen LogP contribution in [0.15, 0.2) is 30.3 Å². The summed E-state index contributed by atoms with van der Waals surface area (Å²) in [5.74, 6) is 1.16. The molecular formula is C15H19N5O. The summed E-state index contributed by atoms with van der Waals surface area (Å²) in [5, 5.41) is 3.30. The molecule has 2 atom stereocenters. The van der Waals surface area contributed by atoms with E-state index < -0.39 is 0 Å². The molecular weight excluding hydrogens is 266 g/mol. The van der Waals surface area contributed by atoms with Gasteiger partial charge in [-0.05, 0) is 18.4 Å². The smallest absolute Gasteiger partial charge is 0.323 e. The minimum absolute atomic E-state index is 0.176. The highest BCUT2D eigenvalue weighted by Gasteiger charge is 2.38. The van der Waals surface area contributed by atoms with Gasteiger partial charge in [0.15, 0.2) is 0 Å². The third kappa shape index (κ3) is 3.39. The summed E-state index contributed by atoms with van der Waals surface area (Å²) >= 11 is 0. The summed E-state index contributed by atoms with van der Waals surface area (Å²) < 4.78 is 5.41. The molecule has 0 radical (unpaired) electrons. The first-order valence-corrected chi connectivity index (χ1v) is 7.22. The summed E-state index contributed by atoms with van der Waals surface area (Å²) in [5.41, 5.74) is 7.02. The summed E-state index contributed by atoms with van der Waals surface area (Å²) in [6, 6.07) is 11.0. The number of rotatable bonds is 6. The normalized spacial score (nSPS) is 20.0. The van der Waals surface area contributed by atoms with E-state index in [9.17, 15) is 0 Å². The second-order valence-electron chi connectivity index (χ2n) is 5.15. The van der Waals surface area contributed by atoms with Crippen LogP contribution >= 0.6 is 0 Å². The number of benzene rings is 1. The third-order valence-electron chi connectivity index (χ3n) is 3.40. The number of nitrogens with one attached hydrogen (secondary N) is 1. The Morgan fingerprint density at radius 3 is 2.81 bits per heavy atom. The van der Waals surface area contributed by atoms with E-state index >= 15 is 0 Å². The lowest BCUT2D eigenvalue weighted by Gasteiger charge is -2.07. The van der Waals surface area contributed by atoms with E-state index in [4.69, 9.17) is 10.5 Å². The molecule has 1 heterocycles. The Labute approximate surface area is 123 Å². The van der Waals surface area contributed by atoms with Crippen LogP contribution in [0.5, 0.6) is 6.01 Å². The van der Waals surface area contributed by atoms with Crippen LogP contribution in [0.3, 0.4) is 0 Å². The number of nitrogen functional groups attached to an aromatic ring is 1. The van der Waals surface area contributed by atoms with Crippen molar-refractivity contribution in [3.8, 4) is 6.01 Å². The van der Waals surface area contributed by atoms with Crippen LogP contribution in [-0.4, -0.2) is 27.6 Å². The first-order chi connectivity index (χ1) is 10.3. The molecule has 21 heavy (non-hydrogen) atoms. The zero-order valence-corrected chi connectivity index (χ0v) is 12.0. The topological polar surface area (TPSA) is 86.0 Å². The lowest BCUT2D eigenvalue weighted by molar-refractivity contribution is 0.292. The van der Waals surface area contributed by atoms with Crippen LogP contribution in [0.2, 0.25) is 0 Å². The molecule has 3 N–H and O–H groups in total. The maximum absolute atomic E-state index is 5.69. The predicted octanol–water partition coefficient (Wildman–Crippen LogP) is 2.21. The molecule has 6 nitrogen and oxygen atoms in total. The number of nitrogens with two attached hydrogens (primary N) is 1. The van der Waals surface area contributed by atoms with E-state index in [-0.39, 0.29) is 12.0 Å². The molecule has 1 aromatic heterocycles. The van der Waals surface area contributed by atoms with Gasteiger partial charge in [0, 0.05) is 12.0 Å².